The van der Waals surface area contributed by atoms with Crippen LogP contribution in [-0.4, -0.2) is 49.4 Å². The summed E-state index contributed by atoms with van der Waals surface area (Å²) in [7, 11) is -3.65. The molecule has 1 aromatic rings. The summed E-state index contributed by atoms with van der Waals surface area (Å²) in [6.45, 7) is 1.69. The highest BCUT2D eigenvalue weighted by molar-refractivity contribution is 7.99. The van der Waals surface area contributed by atoms with E-state index in [-0.39, 0.29) is 29.4 Å². The van der Waals surface area contributed by atoms with E-state index in [1.807, 2.05) is 29.7 Å². The number of sulfonamides is 1. The van der Waals surface area contributed by atoms with Gasteiger partial charge in [0.2, 0.25) is 15.9 Å². The van der Waals surface area contributed by atoms with Crippen molar-refractivity contribution in [1.82, 2.24) is 9.62 Å². The van der Waals surface area contributed by atoms with E-state index in [1.54, 1.807) is 18.2 Å². The molecule has 2 aliphatic heterocycles. The molecule has 0 radical (unpaired) electrons. The van der Waals surface area contributed by atoms with Crippen LogP contribution in [0.5, 0.6) is 0 Å². The standard InChI is InChI=1S/C17H24N2O3S2/c1-12-4-3-5-16(8-12)24(21,22)18-11-17(20)19-13-6-7-14(19)10-15(9-13)23-2/h3-5,8,13-15,18H,6-7,9-11H2,1-2H3. The van der Waals surface area contributed by atoms with Crippen molar-refractivity contribution in [3.8, 4) is 0 Å². The second-order valence-corrected chi connectivity index (χ2v) is 9.56. The molecule has 1 N–H and O–H groups in total. The van der Waals surface area contributed by atoms with Crippen molar-refractivity contribution < 1.29 is 13.2 Å². The first kappa shape index (κ1) is 17.8. The maximum absolute atomic E-state index is 12.6. The SMILES string of the molecule is CSC1CC2CCC(C1)N2C(=O)CNS(=O)(=O)c1cccc(C)c1. The van der Waals surface area contributed by atoms with Gasteiger partial charge in [0.05, 0.1) is 11.4 Å². The number of nitrogens with one attached hydrogen (secondary N) is 1. The van der Waals surface area contributed by atoms with E-state index < -0.39 is 10.0 Å². The first-order chi connectivity index (χ1) is 11.4. The summed E-state index contributed by atoms with van der Waals surface area (Å²) < 4.78 is 27.2. The van der Waals surface area contributed by atoms with Crippen LogP contribution in [-0.2, 0) is 14.8 Å². The predicted octanol–water partition coefficient (Wildman–Crippen LogP) is 2.16. The van der Waals surface area contributed by atoms with Crippen LogP contribution in [0.25, 0.3) is 0 Å². The molecule has 0 aliphatic carbocycles. The summed E-state index contributed by atoms with van der Waals surface area (Å²) in [5.74, 6) is -0.0988. The van der Waals surface area contributed by atoms with Gasteiger partial charge >= 0.3 is 0 Å². The number of benzene rings is 1. The Morgan fingerprint density at radius 3 is 2.54 bits per heavy atom. The third kappa shape index (κ3) is 3.63. The smallest absolute Gasteiger partial charge is 0.241 e. The summed E-state index contributed by atoms with van der Waals surface area (Å²) in [5.41, 5.74) is 0.876. The Labute approximate surface area is 148 Å². The average Bonchev–Trinajstić information content (AvgIpc) is 2.83. The third-order valence-corrected chi connectivity index (χ3v) is 7.47. The lowest BCUT2D eigenvalue weighted by atomic mass is 10.0. The molecule has 0 saturated carbocycles. The highest BCUT2D eigenvalue weighted by Crippen LogP contribution is 2.39. The molecule has 1 amide bonds. The van der Waals surface area contributed by atoms with Crippen LogP contribution < -0.4 is 4.72 Å². The van der Waals surface area contributed by atoms with Crippen molar-refractivity contribution in [3.63, 3.8) is 0 Å². The topological polar surface area (TPSA) is 66.5 Å². The largest absolute Gasteiger partial charge is 0.336 e. The number of carbonyl (C=O) groups excluding carboxylic acids is 1. The molecule has 2 aliphatic rings. The summed E-state index contributed by atoms with van der Waals surface area (Å²) >= 11 is 1.87. The van der Waals surface area contributed by atoms with E-state index in [0.29, 0.717) is 5.25 Å². The minimum Gasteiger partial charge on any atom is -0.336 e. The van der Waals surface area contributed by atoms with E-state index in [9.17, 15) is 13.2 Å². The van der Waals surface area contributed by atoms with Gasteiger partial charge in [-0.05, 0) is 56.6 Å². The van der Waals surface area contributed by atoms with Gasteiger partial charge in [0, 0.05) is 17.3 Å². The van der Waals surface area contributed by atoms with Gasteiger partial charge in [0.25, 0.3) is 0 Å². The molecule has 3 rings (SSSR count). The monoisotopic (exact) mass is 368 g/mol. The molecular formula is C17H24N2O3S2. The van der Waals surface area contributed by atoms with Gasteiger partial charge in [-0.2, -0.15) is 11.8 Å². The summed E-state index contributed by atoms with van der Waals surface area (Å²) in [6.07, 6.45) is 6.25. The molecule has 1 aromatic carbocycles. The molecule has 0 aromatic heterocycles. The van der Waals surface area contributed by atoms with Gasteiger partial charge in [0.15, 0.2) is 0 Å². The lowest BCUT2D eigenvalue weighted by Crippen LogP contribution is -2.50. The number of fused-ring (bicyclic) bond motifs is 2. The van der Waals surface area contributed by atoms with Gasteiger partial charge < -0.3 is 4.90 Å². The molecule has 2 saturated heterocycles. The first-order valence-electron chi connectivity index (χ1n) is 8.31. The van der Waals surface area contributed by atoms with E-state index >= 15 is 0 Å². The number of aryl methyl sites for hydroxylation is 1. The van der Waals surface area contributed by atoms with E-state index in [0.717, 1.165) is 31.2 Å². The Balaban J connectivity index is 1.64. The summed E-state index contributed by atoms with van der Waals surface area (Å²) in [4.78, 5) is 14.7. The van der Waals surface area contributed by atoms with Crippen molar-refractivity contribution in [2.75, 3.05) is 12.8 Å². The molecular weight excluding hydrogens is 344 g/mol. The minimum absolute atomic E-state index is 0.0988. The normalized spacial score (nSPS) is 26.6. The van der Waals surface area contributed by atoms with Crippen molar-refractivity contribution in [3.05, 3.63) is 29.8 Å². The van der Waals surface area contributed by atoms with E-state index in [1.165, 1.54) is 0 Å². The van der Waals surface area contributed by atoms with Crippen LogP contribution >= 0.6 is 11.8 Å². The highest BCUT2D eigenvalue weighted by atomic mass is 32.2. The van der Waals surface area contributed by atoms with Gasteiger partial charge in [-0.3, -0.25) is 4.79 Å². The summed E-state index contributed by atoms with van der Waals surface area (Å²) in [6, 6.07) is 7.26. The number of nitrogens with zero attached hydrogens (tertiary/aromatic N) is 1. The highest BCUT2D eigenvalue weighted by Gasteiger charge is 2.42. The molecule has 2 heterocycles. The predicted molar refractivity (Wildman–Crippen MR) is 96.6 cm³/mol. The fraction of sp³-hybridized carbons (Fsp3) is 0.588. The third-order valence-electron chi connectivity index (χ3n) is 5.02. The van der Waals surface area contributed by atoms with Crippen LogP contribution in [0, 0.1) is 6.92 Å². The second-order valence-electron chi connectivity index (χ2n) is 6.66. The Hall–Kier alpha value is -1.05. The van der Waals surface area contributed by atoms with Crippen molar-refractivity contribution in [2.24, 2.45) is 0 Å². The molecule has 24 heavy (non-hydrogen) atoms. The zero-order chi connectivity index (χ0) is 17.3. The molecule has 2 bridgehead atoms. The maximum Gasteiger partial charge on any atom is 0.241 e. The van der Waals surface area contributed by atoms with Gasteiger partial charge in [-0.15, -0.1) is 0 Å². The molecule has 7 heteroatoms. The molecule has 2 fully saturated rings. The zero-order valence-electron chi connectivity index (χ0n) is 14.1. The van der Waals surface area contributed by atoms with Crippen LogP contribution in [0.4, 0.5) is 0 Å². The van der Waals surface area contributed by atoms with Crippen LogP contribution in [0.2, 0.25) is 0 Å². The van der Waals surface area contributed by atoms with Crippen molar-refractivity contribution in [2.45, 2.75) is 54.8 Å². The van der Waals surface area contributed by atoms with Crippen molar-refractivity contribution >= 4 is 27.7 Å². The van der Waals surface area contributed by atoms with Crippen LogP contribution in [0.1, 0.15) is 31.2 Å². The number of hydrogen-bond donors (Lipinski definition) is 1. The van der Waals surface area contributed by atoms with Gasteiger partial charge in [-0.1, -0.05) is 12.1 Å². The molecule has 132 valence electrons. The van der Waals surface area contributed by atoms with Gasteiger partial charge in [0.1, 0.15) is 0 Å². The lowest BCUT2D eigenvalue weighted by molar-refractivity contribution is -0.134. The van der Waals surface area contributed by atoms with Crippen LogP contribution in [0.3, 0.4) is 0 Å². The average molecular weight is 369 g/mol. The number of amides is 1. The Kier molecular flexibility index (Phi) is 5.22. The number of thioether (sulfide) groups is 1. The number of carbonyl (C=O) groups is 1. The van der Waals surface area contributed by atoms with Crippen LogP contribution in [0.15, 0.2) is 29.2 Å². The second kappa shape index (κ2) is 7.06. The lowest BCUT2D eigenvalue weighted by Gasteiger charge is -2.38. The fourth-order valence-corrected chi connectivity index (χ4v) is 5.75. The number of rotatable bonds is 5. The molecule has 2 atom stereocenters. The quantitative estimate of drug-likeness (QED) is 0.865. The van der Waals surface area contributed by atoms with Crippen molar-refractivity contribution in [1.29, 1.82) is 0 Å². The summed E-state index contributed by atoms with van der Waals surface area (Å²) in [5, 5.41) is 0.621. The van der Waals surface area contributed by atoms with E-state index in [2.05, 4.69) is 11.0 Å². The fourth-order valence-electron chi connectivity index (χ4n) is 3.84. The number of hydrogen-bond acceptors (Lipinski definition) is 4. The first-order valence-corrected chi connectivity index (χ1v) is 11.1. The zero-order valence-corrected chi connectivity index (χ0v) is 15.7. The Bertz CT molecular complexity index is 706. The molecule has 2 unspecified atom stereocenters. The van der Waals surface area contributed by atoms with Gasteiger partial charge in [-0.25, -0.2) is 13.1 Å². The Morgan fingerprint density at radius 2 is 1.96 bits per heavy atom. The Morgan fingerprint density at radius 1 is 1.29 bits per heavy atom. The molecule has 5 nitrogen and oxygen atoms in total. The minimum atomic E-state index is -3.65. The molecule has 0 spiro atoms. The maximum atomic E-state index is 12.6. The van der Waals surface area contributed by atoms with E-state index in [4.69, 9.17) is 0 Å². The number of piperidine rings is 1.